The van der Waals surface area contributed by atoms with E-state index in [2.05, 4.69) is 4.72 Å². The van der Waals surface area contributed by atoms with Gasteiger partial charge in [-0.05, 0) is 18.8 Å². The van der Waals surface area contributed by atoms with E-state index in [1.54, 1.807) is 0 Å². The van der Waals surface area contributed by atoms with E-state index in [4.69, 9.17) is 5.73 Å². The average Bonchev–Trinajstić information content (AvgIpc) is 2.14. The zero-order valence-corrected chi connectivity index (χ0v) is 10.8. The molecule has 3 N–H and O–H groups in total. The minimum Gasteiger partial charge on any atom is -0.329 e. The first kappa shape index (κ1) is 14.9. The zero-order valence-electron chi connectivity index (χ0n) is 9.99. The topological polar surface area (TPSA) is 72.2 Å². The van der Waals surface area contributed by atoms with Crippen LogP contribution < -0.4 is 10.5 Å². The maximum absolute atomic E-state index is 11.6. The van der Waals surface area contributed by atoms with Gasteiger partial charge in [0.2, 0.25) is 10.0 Å². The molecular weight excluding hydrogens is 212 g/mol. The van der Waals surface area contributed by atoms with Gasteiger partial charge in [0.05, 0.1) is 5.75 Å². The van der Waals surface area contributed by atoms with Gasteiger partial charge in [-0.1, -0.05) is 27.2 Å². The minimum absolute atomic E-state index is 0.104. The van der Waals surface area contributed by atoms with Gasteiger partial charge in [0.1, 0.15) is 0 Å². The Morgan fingerprint density at radius 2 is 1.87 bits per heavy atom. The van der Waals surface area contributed by atoms with E-state index in [-0.39, 0.29) is 11.8 Å². The van der Waals surface area contributed by atoms with E-state index < -0.39 is 10.0 Å². The van der Waals surface area contributed by atoms with Gasteiger partial charge in [-0.2, -0.15) is 0 Å². The number of nitrogens with one attached hydrogen (secondary N) is 1. The fraction of sp³-hybridized carbons (Fsp3) is 1.00. The smallest absolute Gasteiger partial charge is 0.211 e. The monoisotopic (exact) mass is 236 g/mol. The largest absolute Gasteiger partial charge is 0.329 e. The van der Waals surface area contributed by atoms with Crippen molar-refractivity contribution in [2.45, 2.75) is 46.1 Å². The van der Waals surface area contributed by atoms with Gasteiger partial charge in [0, 0.05) is 12.6 Å². The molecule has 0 heterocycles. The van der Waals surface area contributed by atoms with Crippen LogP contribution in [0.1, 0.15) is 40.0 Å². The molecular formula is C10H24N2O2S. The zero-order chi connectivity index (χ0) is 11.9. The predicted molar refractivity (Wildman–Crippen MR) is 64.1 cm³/mol. The molecule has 0 aliphatic rings. The van der Waals surface area contributed by atoms with Crippen LogP contribution >= 0.6 is 0 Å². The first-order valence-corrected chi connectivity index (χ1v) is 7.26. The summed E-state index contributed by atoms with van der Waals surface area (Å²) in [6.07, 6.45) is 2.44. The van der Waals surface area contributed by atoms with E-state index in [1.807, 2.05) is 20.8 Å². The molecule has 5 heteroatoms. The molecule has 0 rings (SSSR count). The van der Waals surface area contributed by atoms with E-state index in [1.165, 1.54) is 0 Å². The molecule has 4 nitrogen and oxygen atoms in total. The van der Waals surface area contributed by atoms with Crippen LogP contribution in [0.4, 0.5) is 0 Å². The van der Waals surface area contributed by atoms with Crippen molar-refractivity contribution in [1.82, 2.24) is 4.72 Å². The maximum atomic E-state index is 11.6. The van der Waals surface area contributed by atoms with Gasteiger partial charge in [-0.3, -0.25) is 0 Å². The Labute approximate surface area is 93.7 Å². The van der Waals surface area contributed by atoms with Gasteiger partial charge in [0.25, 0.3) is 0 Å². The lowest BCUT2D eigenvalue weighted by molar-refractivity contribution is 0.519. The third kappa shape index (κ3) is 7.76. The number of rotatable bonds is 8. The molecule has 92 valence electrons. The fourth-order valence-corrected chi connectivity index (χ4v) is 2.90. The van der Waals surface area contributed by atoms with Crippen LogP contribution in [0.25, 0.3) is 0 Å². The molecule has 0 aromatic carbocycles. The summed E-state index contributed by atoms with van der Waals surface area (Å²) in [6.45, 7) is 6.42. The molecule has 1 unspecified atom stereocenters. The highest BCUT2D eigenvalue weighted by Crippen LogP contribution is 2.04. The highest BCUT2D eigenvalue weighted by molar-refractivity contribution is 7.89. The van der Waals surface area contributed by atoms with Gasteiger partial charge < -0.3 is 5.73 Å². The van der Waals surface area contributed by atoms with Gasteiger partial charge >= 0.3 is 0 Å². The van der Waals surface area contributed by atoms with E-state index in [9.17, 15) is 8.42 Å². The summed E-state index contributed by atoms with van der Waals surface area (Å²) in [4.78, 5) is 0. The summed E-state index contributed by atoms with van der Waals surface area (Å²) in [5.74, 6) is 0.606. The molecule has 15 heavy (non-hydrogen) atoms. The SMILES string of the molecule is CCCC(CN)NS(=O)(=O)CCC(C)C. The lowest BCUT2D eigenvalue weighted by Crippen LogP contribution is -2.41. The second kappa shape index (κ2) is 7.19. The van der Waals surface area contributed by atoms with Crippen LogP contribution in [0.15, 0.2) is 0 Å². The van der Waals surface area contributed by atoms with Crippen LogP contribution in [0, 0.1) is 5.92 Å². The highest BCUT2D eigenvalue weighted by atomic mass is 32.2. The van der Waals surface area contributed by atoms with Crippen molar-refractivity contribution >= 4 is 10.0 Å². The molecule has 0 fully saturated rings. The number of nitrogens with two attached hydrogens (primary N) is 1. The third-order valence-electron chi connectivity index (χ3n) is 2.23. The van der Waals surface area contributed by atoms with Crippen LogP contribution in [-0.2, 0) is 10.0 Å². The number of hydrogen-bond donors (Lipinski definition) is 2. The number of hydrogen-bond acceptors (Lipinski definition) is 3. The van der Waals surface area contributed by atoms with E-state index in [0.717, 1.165) is 12.8 Å². The summed E-state index contributed by atoms with van der Waals surface area (Å²) in [6, 6.07) is -0.104. The van der Waals surface area contributed by atoms with E-state index >= 15 is 0 Å². The highest BCUT2D eigenvalue weighted by Gasteiger charge is 2.16. The van der Waals surface area contributed by atoms with Crippen molar-refractivity contribution in [3.05, 3.63) is 0 Å². The van der Waals surface area contributed by atoms with Crippen molar-refractivity contribution in [2.24, 2.45) is 11.7 Å². The first-order valence-electron chi connectivity index (χ1n) is 5.61. The molecule has 0 aliphatic heterocycles. The standard InChI is InChI=1S/C10H24N2O2S/c1-4-5-10(8-11)12-15(13,14)7-6-9(2)3/h9-10,12H,4-8,11H2,1-3H3. The van der Waals surface area contributed by atoms with Crippen LogP contribution in [0.5, 0.6) is 0 Å². The molecule has 0 bridgehead atoms. The second-order valence-corrected chi connectivity index (χ2v) is 6.21. The Morgan fingerprint density at radius 3 is 2.27 bits per heavy atom. The first-order chi connectivity index (χ1) is 6.91. The maximum Gasteiger partial charge on any atom is 0.211 e. The Hall–Kier alpha value is -0.130. The Balaban J connectivity index is 4.10. The third-order valence-corrected chi connectivity index (χ3v) is 3.70. The van der Waals surface area contributed by atoms with Gasteiger partial charge in [0.15, 0.2) is 0 Å². The molecule has 0 spiro atoms. The summed E-state index contributed by atoms with van der Waals surface area (Å²) in [5, 5.41) is 0. The van der Waals surface area contributed by atoms with Crippen LogP contribution in [0.3, 0.4) is 0 Å². The Bertz CT molecular complexity index is 250. The lowest BCUT2D eigenvalue weighted by Gasteiger charge is -2.16. The fourth-order valence-electron chi connectivity index (χ4n) is 1.28. The van der Waals surface area contributed by atoms with Crippen LogP contribution in [-0.4, -0.2) is 26.8 Å². The molecule has 0 saturated heterocycles. The van der Waals surface area contributed by atoms with Crippen molar-refractivity contribution in [3.8, 4) is 0 Å². The number of sulfonamides is 1. The van der Waals surface area contributed by atoms with Gasteiger partial charge in [-0.15, -0.1) is 0 Å². The summed E-state index contributed by atoms with van der Waals surface area (Å²) >= 11 is 0. The van der Waals surface area contributed by atoms with Gasteiger partial charge in [-0.25, -0.2) is 13.1 Å². The molecule has 0 aromatic heterocycles. The van der Waals surface area contributed by atoms with Crippen molar-refractivity contribution in [2.75, 3.05) is 12.3 Å². The predicted octanol–water partition coefficient (Wildman–Crippen LogP) is 1.08. The second-order valence-electron chi connectivity index (χ2n) is 4.34. The normalized spacial score (nSPS) is 14.5. The van der Waals surface area contributed by atoms with E-state index in [0.29, 0.717) is 18.9 Å². The molecule has 0 aromatic rings. The molecule has 0 aliphatic carbocycles. The quantitative estimate of drug-likeness (QED) is 0.662. The van der Waals surface area contributed by atoms with Crippen LogP contribution in [0.2, 0.25) is 0 Å². The summed E-state index contributed by atoms with van der Waals surface area (Å²) < 4.78 is 25.9. The van der Waals surface area contributed by atoms with Crippen molar-refractivity contribution in [1.29, 1.82) is 0 Å². The Kier molecular flexibility index (Phi) is 7.13. The lowest BCUT2D eigenvalue weighted by atomic mass is 10.2. The Morgan fingerprint density at radius 1 is 1.27 bits per heavy atom. The minimum atomic E-state index is -3.14. The summed E-state index contributed by atoms with van der Waals surface area (Å²) in [7, 11) is -3.14. The molecule has 0 saturated carbocycles. The van der Waals surface area contributed by atoms with Crippen molar-refractivity contribution < 1.29 is 8.42 Å². The molecule has 1 atom stereocenters. The molecule has 0 amide bonds. The summed E-state index contributed by atoms with van der Waals surface area (Å²) in [5.41, 5.74) is 5.50. The average molecular weight is 236 g/mol. The van der Waals surface area contributed by atoms with Crippen molar-refractivity contribution in [3.63, 3.8) is 0 Å². The molecule has 0 radical (unpaired) electrons.